The van der Waals surface area contributed by atoms with E-state index >= 15 is 0 Å². The molecule has 2 atom stereocenters. The highest BCUT2D eigenvalue weighted by atomic mass is 16.5. The van der Waals surface area contributed by atoms with E-state index in [0.717, 1.165) is 57.0 Å². The second-order valence-corrected chi connectivity index (χ2v) is 8.12. The number of guanidine groups is 1. The molecular weight excluding hydrogens is 372 g/mol. The molecule has 0 aromatic heterocycles. The van der Waals surface area contributed by atoms with Crippen molar-refractivity contribution in [1.82, 2.24) is 15.5 Å². The van der Waals surface area contributed by atoms with Crippen LogP contribution in [0.3, 0.4) is 0 Å². The van der Waals surface area contributed by atoms with Gasteiger partial charge in [0.15, 0.2) is 5.96 Å². The van der Waals surface area contributed by atoms with Gasteiger partial charge in [0.25, 0.3) is 0 Å². The number of nitrogens with zero attached hydrogens (tertiary/aromatic N) is 2. The summed E-state index contributed by atoms with van der Waals surface area (Å²) in [6.45, 7) is 5.39. The first-order chi connectivity index (χ1) is 14.7. The Morgan fingerprint density at radius 2 is 1.87 bits per heavy atom. The molecule has 2 aromatic carbocycles. The maximum Gasteiger partial charge on any atom is 0.191 e. The predicted octanol–water partition coefficient (Wildman–Crippen LogP) is 3.85. The molecule has 5 heteroatoms. The molecule has 1 aliphatic heterocycles. The molecule has 30 heavy (non-hydrogen) atoms. The van der Waals surface area contributed by atoms with Crippen LogP contribution < -0.4 is 15.4 Å². The predicted molar refractivity (Wildman–Crippen MR) is 125 cm³/mol. The molecule has 5 nitrogen and oxygen atoms in total. The fourth-order valence-electron chi connectivity index (χ4n) is 4.08. The number of benzene rings is 2. The van der Waals surface area contributed by atoms with Crippen molar-refractivity contribution in [3.8, 4) is 5.75 Å². The van der Waals surface area contributed by atoms with Crippen LogP contribution in [0.4, 0.5) is 0 Å². The molecule has 1 heterocycles. The van der Waals surface area contributed by atoms with E-state index in [1.807, 2.05) is 19.2 Å². The Morgan fingerprint density at radius 1 is 1.10 bits per heavy atom. The second-order valence-electron chi connectivity index (χ2n) is 8.12. The molecule has 1 aliphatic rings. The van der Waals surface area contributed by atoms with E-state index in [4.69, 9.17) is 4.74 Å². The summed E-state index contributed by atoms with van der Waals surface area (Å²) in [6.07, 6.45) is 4.39. The van der Waals surface area contributed by atoms with Gasteiger partial charge < -0.3 is 15.4 Å². The molecule has 2 aromatic rings. The Kier molecular flexibility index (Phi) is 8.57. The largest absolute Gasteiger partial charge is 0.497 e. The highest BCUT2D eigenvalue weighted by Crippen LogP contribution is 2.20. The van der Waals surface area contributed by atoms with E-state index < -0.39 is 0 Å². The van der Waals surface area contributed by atoms with Gasteiger partial charge in [-0.3, -0.25) is 9.89 Å². The highest BCUT2D eigenvalue weighted by Gasteiger charge is 2.25. The smallest absolute Gasteiger partial charge is 0.191 e. The van der Waals surface area contributed by atoms with E-state index in [1.54, 1.807) is 7.11 Å². The van der Waals surface area contributed by atoms with E-state index in [1.165, 1.54) is 11.1 Å². The second kappa shape index (κ2) is 11.6. The molecule has 0 aliphatic carbocycles. The number of hydrogen-bond acceptors (Lipinski definition) is 3. The van der Waals surface area contributed by atoms with E-state index in [0.29, 0.717) is 12.1 Å². The van der Waals surface area contributed by atoms with E-state index in [9.17, 15) is 0 Å². The van der Waals surface area contributed by atoms with Crippen LogP contribution in [0, 0.1) is 0 Å². The third kappa shape index (κ3) is 6.77. The average Bonchev–Trinajstić information content (AvgIpc) is 2.78. The van der Waals surface area contributed by atoms with Crippen LogP contribution in [0.15, 0.2) is 59.6 Å². The number of piperidine rings is 1. The first-order valence-corrected chi connectivity index (χ1v) is 11.1. The zero-order valence-electron chi connectivity index (χ0n) is 18.6. The summed E-state index contributed by atoms with van der Waals surface area (Å²) in [5.41, 5.74) is 2.73. The topological polar surface area (TPSA) is 48.9 Å². The Balaban J connectivity index is 1.37. The van der Waals surface area contributed by atoms with Gasteiger partial charge in [0.2, 0.25) is 0 Å². The van der Waals surface area contributed by atoms with Crippen molar-refractivity contribution in [2.24, 2.45) is 4.99 Å². The first kappa shape index (κ1) is 22.2. The summed E-state index contributed by atoms with van der Waals surface area (Å²) in [6, 6.07) is 20.1. The summed E-state index contributed by atoms with van der Waals surface area (Å²) in [7, 11) is 3.55. The summed E-state index contributed by atoms with van der Waals surface area (Å²) < 4.78 is 5.22. The molecule has 1 saturated heterocycles. The average molecular weight is 409 g/mol. The van der Waals surface area contributed by atoms with Crippen LogP contribution in [0.1, 0.15) is 37.3 Å². The number of ether oxygens (including phenoxy) is 1. The lowest BCUT2D eigenvalue weighted by atomic mass is 9.97. The van der Waals surface area contributed by atoms with Crippen molar-refractivity contribution in [3.63, 3.8) is 0 Å². The van der Waals surface area contributed by atoms with Gasteiger partial charge in [-0.15, -0.1) is 0 Å². The minimum atomic E-state index is 0.472. The Morgan fingerprint density at radius 3 is 2.53 bits per heavy atom. The minimum Gasteiger partial charge on any atom is -0.497 e. The quantitative estimate of drug-likeness (QED) is 0.396. The van der Waals surface area contributed by atoms with E-state index in [-0.39, 0.29) is 0 Å². The van der Waals surface area contributed by atoms with Gasteiger partial charge in [0.05, 0.1) is 7.11 Å². The Labute approximate surface area is 181 Å². The van der Waals surface area contributed by atoms with E-state index in [2.05, 4.69) is 69.9 Å². The SMILES string of the molecule is CN=C(NCCCc1ccc(OC)cc1)NC1CCN(Cc2ccccc2)C(C)C1. The number of hydrogen-bond donors (Lipinski definition) is 2. The summed E-state index contributed by atoms with van der Waals surface area (Å²) in [4.78, 5) is 7.01. The molecule has 0 amide bonds. The number of aryl methyl sites for hydroxylation is 1. The summed E-state index contributed by atoms with van der Waals surface area (Å²) >= 11 is 0. The molecule has 2 unspecified atom stereocenters. The van der Waals surface area contributed by atoms with Gasteiger partial charge in [0, 0.05) is 38.8 Å². The van der Waals surface area contributed by atoms with Gasteiger partial charge in [-0.05, 0) is 55.9 Å². The van der Waals surface area contributed by atoms with Crippen LogP contribution in [0.25, 0.3) is 0 Å². The first-order valence-electron chi connectivity index (χ1n) is 11.1. The number of nitrogens with one attached hydrogen (secondary N) is 2. The fraction of sp³-hybridized carbons (Fsp3) is 0.480. The number of likely N-dealkylation sites (tertiary alicyclic amines) is 1. The minimum absolute atomic E-state index is 0.472. The highest BCUT2D eigenvalue weighted by molar-refractivity contribution is 5.79. The van der Waals surface area contributed by atoms with Gasteiger partial charge in [-0.1, -0.05) is 42.5 Å². The summed E-state index contributed by atoms with van der Waals surface area (Å²) in [5.74, 6) is 1.82. The van der Waals surface area contributed by atoms with Crippen LogP contribution in [0.5, 0.6) is 5.75 Å². The summed E-state index contributed by atoms with van der Waals surface area (Å²) in [5, 5.41) is 7.11. The van der Waals surface area contributed by atoms with Crippen molar-refractivity contribution in [1.29, 1.82) is 0 Å². The number of rotatable bonds is 8. The van der Waals surface area contributed by atoms with Crippen molar-refractivity contribution in [3.05, 3.63) is 65.7 Å². The monoisotopic (exact) mass is 408 g/mol. The zero-order chi connectivity index (χ0) is 21.2. The standard InChI is InChI=1S/C25H36N4O/c1-20-18-23(15-17-29(20)19-22-8-5-4-6-9-22)28-25(26-2)27-16-7-10-21-11-13-24(30-3)14-12-21/h4-6,8-9,11-14,20,23H,7,10,15-19H2,1-3H3,(H2,26,27,28). The molecule has 3 rings (SSSR count). The van der Waals surface area contributed by atoms with Crippen LogP contribution in [0.2, 0.25) is 0 Å². The molecule has 1 fully saturated rings. The molecule has 0 bridgehead atoms. The van der Waals surface area contributed by atoms with Crippen LogP contribution >= 0.6 is 0 Å². The normalized spacial score (nSPS) is 20.0. The molecule has 162 valence electrons. The van der Waals surface area contributed by atoms with Crippen LogP contribution in [-0.2, 0) is 13.0 Å². The molecule has 2 N–H and O–H groups in total. The van der Waals surface area contributed by atoms with Gasteiger partial charge in [0.1, 0.15) is 5.75 Å². The molecular formula is C25H36N4O. The third-order valence-corrected chi connectivity index (χ3v) is 5.90. The van der Waals surface area contributed by atoms with Gasteiger partial charge >= 0.3 is 0 Å². The lowest BCUT2D eigenvalue weighted by molar-refractivity contribution is 0.134. The van der Waals surface area contributed by atoms with Gasteiger partial charge in [-0.2, -0.15) is 0 Å². The number of methoxy groups -OCH3 is 1. The van der Waals surface area contributed by atoms with Crippen molar-refractivity contribution < 1.29 is 4.74 Å². The maximum atomic E-state index is 5.22. The van der Waals surface area contributed by atoms with Crippen LogP contribution in [-0.4, -0.2) is 50.2 Å². The zero-order valence-corrected chi connectivity index (χ0v) is 18.6. The molecule has 0 saturated carbocycles. The van der Waals surface area contributed by atoms with Gasteiger partial charge in [-0.25, -0.2) is 0 Å². The molecule has 0 radical (unpaired) electrons. The Hall–Kier alpha value is -2.53. The van der Waals surface area contributed by atoms with Crippen molar-refractivity contribution in [2.75, 3.05) is 27.2 Å². The third-order valence-electron chi connectivity index (χ3n) is 5.90. The maximum absolute atomic E-state index is 5.22. The van der Waals surface area contributed by atoms with Crippen molar-refractivity contribution >= 4 is 5.96 Å². The lowest BCUT2D eigenvalue weighted by Gasteiger charge is -2.38. The number of aliphatic imine (C=N–C) groups is 1. The fourth-order valence-corrected chi connectivity index (χ4v) is 4.08. The lowest BCUT2D eigenvalue weighted by Crippen LogP contribution is -2.51. The Bertz CT molecular complexity index is 775. The van der Waals surface area contributed by atoms with Crippen molar-refractivity contribution in [2.45, 2.75) is 51.2 Å². The molecule has 0 spiro atoms.